The minimum Gasteiger partial charge on any atom is -0.377 e. The van der Waals surface area contributed by atoms with Crippen molar-refractivity contribution in [1.29, 1.82) is 0 Å². The predicted octanol–water partition coefficient (Wildman–Crippen LogP) is 6.84. The Labute approximate surface area is 153 Å². The van der Waals surface area contributed by atoms with Crippen LogP contribution in [0.1, 0.15) is 35.1 Å². The smallest absolute Gasteiger partial charge is 0.377 e. The van der Waals surface area contributed by atoms with E-state index in [4.69, 9.17) is 23.2 Å². The van der Waals surface area contributed by atoms with Crippen LogP contribution in [-0.4, -0.2) is 0 Å². The molecule has 0 radical (unpaired) electrons. The van der Waals surface area contributed by atoms with Crippen LogP contribution in [-0.2, 0) is 6.18 Å². The highest BCUT2D eigenvalue weighted by Gasteiger charge is 2.43. The summed E-state index contributed by atoms with van der Waals surface area (Å²) in [6, 6.07) is 9.29. The highest BCUT2D eigenvalue weighted by molar-refractivity contribution is 6.42. The fraction of sp³-hybridized carbons (Fsp3) is 0.263. The van der Waals surface area contributed by atoms with Crippen molar-refractivity contribution in [3.63, 3.8) is 0 Å². The third-order valence-corrected chi connectivity index (χ3v) is 5.85. The summed E-state index contributed by atoms with van der Waals surface area (Å²) in [5.74, 6) is 0.0329. The number of hydrogen-bond donors (Lipinski definition) is 1. The first-order chi connectivity index (χ1) is 11.9. The number of fused-ring (bicyclic) bond motifs is 3. The first-order valence-corrected chi connectivity index (χ1v) is 8.70. The van der Waals surface area contributed by atoms with Gasteiger partial charge >= 0.3 is 6.18 Å². The van der Waals surface area contributed by atoms with Crippen molar-refractivity contribution in [2.75, 3.05) is 5.32 Å². The van der Waals surface area contributed by atoms with E-state index < -0.39 is 11.7 Å². The monoisotopic (exact) mass is 383 g/mol. The van der Waals surface area contributed by atoms with E-state index in [1.807, 2.05) is 18.2 Å². The Hall–Kier alpha value is -1.65. The van der Waals surface area contributed by atoms with Crippen molar-refractivity contribution in [2.45, 2.75) is 24.6 Å². The number of halogens is 5. The summed E-state index contributed by atoms with van der Waals surface area (Å²) in [6.45, 7) is 0. The molecule has 130 valence electrons. The summed E-state index contributed by atoms with van der Waals surface area (Å²) in [6.07, 6.45) is 0.380. The third kappa shape index (κ3) is 2.72. The van der Waals surface area contributed by atoms with E-state index >= 15 is 0 Å². The average molecular weight is 384 g/mol. The van der Waals surface area contributed by atoms with Crippen molar-refractivity contribution >= 4 is 28.9 Å². The third-order valence-electron chi connectivity index (χ3n) is 5.02. The fourth-order valence-corrected chi connectivity index (χ4v) is 4.35. The Morgan fingerprint density at radius 1 is 1.00 bits per heavy atom. The molecular formula is C19H14Cl2F3N. The molecule has 0 unspecified atom stereocenters. The quantitative estimate of drug-likeness (QED) is 0.531. The number of benzene rings is 2. The van der Waals surface area contributed by atoms with Gasteiger partial charge in [0.2, 0.25) is 0 Å². The maximum atomic E-state index is 13.5. The molecule has 2 aromatic carbocycles. The molecule has 0 aromatic heterocycles. The van der Waals surface area contributed by atoms with Crippen LogP contribution >= 0.6 is 23.2 Å². The molecule has 1 nitrogen and oxygen atoms in total. The van der Waals surface area contributed by atoms with Gasteiger partial charge in [-0.05, 0) is 35.6 Å². The number of anilines is 1. The molecule has 0 saturated heterocycles. The summed E-state index contributed by atoms with van der Waals surface area (Å²) < 4.78 is 40.5. The number of hydrogen-bond acceptors (Lipinski definition) is 1. The predicted molar refractivity (Wildman–Crippen MR) is 94.3 cm³/mol. The lowest BCUT2D eigenvalue weighted by Gasteiger charge is -2.39. The zero-order valence-electron chi connectivity index (χ0n) is 12.9. The van der Waals surface area contributed by atoms with Crippen molar-refractivity contribution in [2.24, 2.45) is 5.92 Å². The van der Waals surface area contributed by atoms with Crippen LogP contribution in [0, 0.1) is 5.92 Å². The van der Waals surface area contributed by atoms with Gasteiger partial charge in [-0.2, -0.15) is 13.2 Å². The average Bonchev–Trinajstić information content (AvgIpc) is 3.05. The molecule has 3 atom stereocenters. The minimum absolute atomic E-state index is 0.0707. The van der Waals surface area contributed by atoms with Gasteiger partial charge in [-0.15, -0.1) is 0 Å². The number of alkyl halides is 3. The molecule has 2 aromatic rings. The standard InChI is InChI=1S/C19H14Cl2F3N/c20-15-9-3-7-13(16(15)21)17-11-5-1-4-10(11)12-6-2-8-14(18(12)25-17)19(22,23)24/h1-4,6-11,17,25H,5H2/t10-,11-,17+/m1/s1. The highest BCUT2D eigenvalue weighted by Crippen LogP contribution is 2.53. The zero-order valence-corrected chi connectivity index (χ0v) is 14.5. The summed E-state index contributed by atoms with van der Waals surface area (Å²) in [5.41, 5.74) is 0.911. The van der Waals surface area contributed by atoms with E-state index in [1.54, 1.807) is 18.2 Å². The zero-order chi connectivity index (χ0) is 17.8. The lowest BCUT2D eigenvalue weighted by molar-refractivity contribution is -0.137. The highest BCUT2D eigenvalue weighted by atomic mass is 35.5. The lowest BCUT2D eigenvalue weighted by Crippen LogP contribution is -2.31. The molecule has 4 rings (SSSR count). The number of nitrogens with one attached hydrogen (secondary N) is 1. The van der Waals surface area contributed by atoms with E-state index in [9.17, 15) is 13.2 Å². The molecule has 1 aliphatic heterocycles. The second kappa shape index (κ2) is 5.96. The Balaban J connectivity index is 1.88. The van der Waals surface area contributed by atoms with Crippen LogP contribution in [0.5, 0.6) is 0 Å². The first-order valence-electron chi connectivity index (χ1n) is 7.95. The molecule has 2 aliphatic rings. The van der Waals surface area contributed by atoms with E-state index in [0.29, 0.717) is 15.6 Å². The Morgan fingerprint density at radius 2 is 1.72 bits per heavy atom. The number of allylic oxidation sites excluding steroid dienone is 2. The van der Waals surface area contributed by atoms with Crippen molar-refractivity contribution < 1.29 is 13.2 Å². The topological polar surface area (TPSA) is 12.0 Å². The Bertz CT molecular complexity index is 860. The molecule has 1 N–H and O–H groups in total. The normalized spacial score (nSPS) is 24.6. The van der Waals surface area contributed by atoms with Gasteiger partial charge in [-0.3, -0.25) is 0 Å². The largest absolute Gasteiger partial charge is 0.418 e. The Kier molecular flexibility index (Phi) is 4.00. The van der Waals surface area contributed by atoms with Crippen LogP contribution in [0.25, 0.3) is 0 Å². The second-order valence-electron chi connectivity index (χ2n) is 6.39. The SMILES string of the molecule is FC(F)(F)c1cccc2c1N[C@H](c1cccc(Cl)c1Cl)[C@@H]1CC=C[C@@H]21. The van der Waals surface area contributed by atoms with E-state index in [2.05, 4.69) is 5.32 Å². The molecule has 1 heterocycles. The van der Waals surface area contributed by atoms with Crippen molar-refractivity contribution in [1.82, 2.24) is 0 Å². The maximum absolute atomic E-state index is 13.5. The molecule has 6 heteroatoms. The van der Waals surface area contributed by atoms with Crippen LogP contribution in [0.3, 0.4) is 0 Å². The molecule has 0 saturated carbocycles. The molecule has 0 bridgehead atoms. The van der Waals surface area contributed by atoms with Crippen LogP contribution in [0.4, 0.5) is 18.9 Å². The molecule has 0 spiro atoms. The van der Waals surface area contributed by atoms with Gasteiger partial charge in [0.05, 0.1) is 27.3 Å². The van der Waals surface area contributed by atoms with Crippen LogP contribution in [0.2, 0.25) is 10.0 Å². The number of rotatable bonds is 1. The van der Waals surface area contributed by atoms with Gasteiger partial charge in [0.15, 0.2) is 0 Å². The van der Waals surface area contributed by atoms with Gasteiger partial charge in [-0.25, -0.2) is 0 Å². The summed E-state index contributed by atoms with van der Waals surface area (Å²) in [5, 5.41) is 3.92. The van der Waals surface area contributed by atoms with E-state index in [0.717, 1.165) is 18.1 Å². The molecule has 25 heavy (non-hydrogen) atoms. The number of para-hydroxylation sites is 1. The van der Waals surface area contributed by atoms with Crippen molar-refractivity contribution in [3.8, 4) is 0 Å². The van der Waals surface area contributed by atoms with Gasteiger partial charge in [0.1, 0.15) is 0 Å². The molecule has 0 amide bonds. The summed E-state index contributed by atoms with van der Waals surface area (Å²) >= 11 is 12.5. The fourth-order valence-electron chi connectivity index (χ4n) is 3.93. The van der Waals surface area contributed by atoms with E-state index in [1.165, 1.54) is 6.07 Å². The molecular weight excluding hydrogens is 370 g/mol. The lowest BCUT2D eigenvalue weighted by atomic mass is 9.76. The maximum Gasteiger partial charge on any atom is 0.418 e. The van der Waals surface area contributed by atoms with Gasteiger partial charge in [-0.1, -0.05) is 59.6 Å². The van der Waals surface area contributed by atoms with Gasteiger partial charge in [0.25, 0.3) is 0 Å². The molecule has 0 fully saturated rings. The van der Waals surface area contributed by atoms with Crippen LogP contribution < -0.4 is 5.32 Å². The summed E-state index contributed by atoms with van der Waals surface area (Å²) in [7, 11) is 0. The van der Waals surface area contributed by atoms with Gasteiger partial charge in [0, 0.05) is 5.92 Å². The van der Waals surface area contributed by atoms with E-state index in [-0.39, 0.29) is 23.6 Å². The van der Waals surface area contributed by atoms with Crippen LogP contribution in [0.15, 0.2) is 48.6 Å². The van der Waals surface area contributed by atoms with Gasteiger partial charge < -0.3 is 5.32 Å². The summed E-state index contributed by atoms with van der Waals surface area (Å²) in [4.78, 5) is 0. The molecule has 1 aliphatic carbocycles. The Morgan fingerprint density at radius 3 is 2.48 bits per heavy atom. The second-order valence-corrected chi connectivity index (χ2v) is 7.17. The minimum atomic E-state index is -4.42. The van der Waals surface area contributed by atoms with Crippen molar-refractivity contribution in [3.05, 3.63) is 75.3 Å². The first kappa shape index (κ1) is 16.8.